The number of nitrogens with one attached hydrogen (secondary N) is 3. The molecule has 27 heavy (non-hydrogen) atoms. The number of nitriles is 1. The van der Waals surface area contributed by atoms with Gasteiger partial charge >= 0.3 is 0 Å². The number of benzene rings is 1. The number of hydrogen-bond donors (Lipinski definition) is 4. The molecule has 4 rings (SSSR count). The van der Waals surface area contributed by atoms with Gasteiger partial charge in [0.25, 0.3) is 5.91 Å². The van der Waals surface area contributed by atoms with Crippen LogP contribution in [0.2, 0.25) is 0 Å². The van der Waals surface area contributed by atoms with Gasteiger partial charge in [-0.15, -0.1) is 0 Å². The van der Waals surface area contributed by atoms with Crippen molar-refractivity contribution in [2.45, 2.75) is 50.6 Å². The minimum absolute atomic E-state index is 0.0512. The van der Waals surface area contributed by atoms with Gasteiger partial charge in [0.2, 0.25) is 0 Å². The quantitative estimate of drug-likeness (QED) is 0.631. The van der Waals surface area contributed by atoms with E-state index in [0.29, 0.717) is 17.5 Å². The summed E-state index contributed by atoms with van der Waals surface area (Å²) in [5, 5.41) is 26.3. The van der Waals surface area contributed by atoms with Crippen LogP contribution in [0.1, 0.15) is 49.0 Å². The zero-order chi connectivity index (χ0) is 18.8. The highest BCUT2D eigenvalue weighted by Gasteiger charge is 2.33. The molecule has 2 aliphatic carbocycles. The molecule has 1 amide bonds. The fourth-order valence-corrected chi connectivity index (χ4v) is 4.16. The number of hydrogen-bond acceptors (Lipinski definition) is 4. The Morgan fingerprint density at radius 1 is 1.26 bits per heavy atom. The molecule has 2 aromatic rings. The van der Waals surface area contributed by atoms with Gasteiger partial charge in [0.15, 0.2) is 0 Å². The first-order chi connectivity index (χ1) is 13.1. The molecule has 0 spiro atoms. The number of phenols is 1. The van der Waals surface area contributed by atoms with E-state index in [4.69, 9.17) is 0 Å². The molecule has 0 bridgehead atoms. The molecule has 1 aromatic carbocycles. The van der Waals surface area contributed by atoms with Crippen molar-refractivity contribution < 1.29 is 9.90 Å². The lowest BCUT2D eigenvalue weighted by molar-refractivity contribution is 0.0900. The molecular formula is C21H26N4O2. The van der Waals surface area contributed by atoms with Gasteiger partial charge in [-0.3, -0.25) is 4.79 Å². The van der Waals surface area contributed by atoms with E-state index >= 15 is 0 Å². The summed E-state index contributed by atoms with van der Waals surface area (Å²) < 4.78 is 0. The SMILES string of the molecule is N#CC(NC[C@H]1CCCC[C@@H]1NC(=O)c1cc2cc(O)ccc2[nH]1)C1CC1. The van der Waals surface area contributed by atoms with E-state index in [-0.39, 0.29) is 23.7 Å². The van der Waals surface area contributed by atoms with Crippen LogP contribution in [0.4, 0.5) is 0 Å². The van der Waals surface area contributed by atoms with Gasteiger partial charge in [-0.2, -0.15) is 5.26 Å². The summed E-state index contributed by atoms with van der Waals surface area (Å²) >= 11 is 0. The van der Waals surface area contributed by atoms with Crippen LogP contribution < -0.4 is 10.6 Å². The number of rotatable bonds is 6. The lowest BCUT2D eigenvalue weighted by Crippen LogP contribution is -2.47. The average molecular weight is 366 g/mol. The Hall–Kier alpha value is -2.52. The number of aromatic amines is 1. The highest BCUT2D eigenvalue weighted by Crippen LogP contribution is 2.33. The minimum Gasteiger partial charge on any atom is -0.508 e. The average Bonchev–Trinajstić information content (AvgIpc) is 3.42. The number of phenolic OH excluding ortho intramolecular Hbond substituents is 1. The Morgan fingerprint density at radius 2 is 2.07 bits per heavy atom. The Labute approximate surface area is 159 Å². The van der Waals surface area contributed by atoms with Gasteiger partial charge in [-0.1, -0.05) is 12.8 Å². The zero-order valence-corrected chi connectivity index (χ0v) is 15.4. The van der Waals surface area contributed by atoms with E-state index in [1.165, 1.54) is 6.42 Å². The van der Waals surface area contributed by atoms with Crippen LogP contribution in [0.3, 0.4) is 0 Å². The molecule has 3 atom stereocenters. The highest BCUT2D eigenvalue weighted by molar-refractivity contribution is 5.98. The molecule has 0 saturated heterocycles. The fraction of sp³-hybridized carbons (Fsp3) is 0.524. The first kappa shape index (κ1) is 17.9. The summed E-state index contributed by atoms with van der Waals surface area (Å²) in [7, 11) is 0. The van der Waals surface area contributed by atoms with Gasteiger partial charge in [0, 0.05) is 23.5 Å². The smallest absolute Gasteiger partial charge is 0.267 e. The number of carbonyl (C=O) groups excluding carboxylic acids is 1. The van der Waals surface area contributed by atoms with Crippen LogP contribution in [0.5, 0.6) is 5.75 Å². The van der Waals surface area contributed by atoms with E-state index in [1.54, 1.807) is 24.3 Å². The van der Waals surface area contributed by atoms with Crippen molar-refractivity contribution in [3.63, 3.8) is 0 Å². The third-order valence-electron chi connectivity index (χ3n) is 5.91. The summed E-state index contributed by atoms with van der Waals surface area (Å²) in [6.45, 7) is 0.778. The monoisotopic (exact) mass is 366 g/mol. The van der Waals surface area contributed by atoms with Crippen LogP contribution >= 0.6 is 0 Å². The summed E-state index contributed by atoms with van der Waals surface area (Å²) in [6.07, 6.45) is 6.62. The summed E-state index contributed by atoms with van der Waals surface area (Å²) in [4.78, 5) is 15.9. The molecule has 6 nitrogen and oxygen atoms in total. The summed E-state index contributed by atoms with van der Waals surface area (Å²) in [5.74, 6) is 0.941. The molecule has 1 heterocycles. The molecule has 0 radical (unpaired) electrons. The third-order valence-corrected chi connectivity index (χ3v) is 5.91. The molecule has 2 fully saturated rings. The van der Waals surface area contributed by atoms with Gasteiger partial charge in [-0.05, 0) is 61.8 Å². The predicted octanol–water partition coefficient (Wildman–Crippen LogP) is 3.05. The summed E-state index contributed by atoms with van der Waals surface area (Å²) in [6, 6.07) is 9.26. The normalized spacial score (nSPS) is 23.7. The van der Waals surface area contributed by atoms with Crippen molar-refractivity contribution in [2.75, 3.05) is 6.54 Å². The lowest BCUT2D eigenvalue weighted by atomic mass is 9.84. The molecule has 1 unspecified atom stereocenters. The number of amides is 1. The molecule has 142 valence electrons. The lowest BCUT2D eigenvalue weighted by Gasteiger charge is -2.33. The van der Waals surface area contributed by atoms with Crippen LogP contribution in [-0.2, 0) is 0 Å². The van der Waals surface area contributed by atoms with Crippen LogP contribution in [0, 0.1) is 23.2 Å². The highest BCUT2D eigenvalue weighted by atomic mass is 16.3. The Morgan fingerprint density at radius 3 is 2.85 bits per heavy atom. The van der Waals surface area contributed by atoms with Crippen molar-refractivity contribution >= 4 is 16.8 Å². The first-order valence-corrected chi connectivity index (χ1v) is 9.89. The van der Waals surface area contributed by atoms with Crippen molar-refractivity contribution in [3.8, 4) is 11.8 Å². The van der Waals surface area contributed by atoms with Gasteiger partial charge in [-0.25, -0.2) is 0 Å². The topological polar surface area (TPSA) is 101 Å². The second-order valence-electron chi connectivity index (χ2n) is 7.93. The molecule has 2 saturated carbocycles. The number of fused-ring (bicyclic) bond motifs is 1. The van der Waals surface area contributed by atoms with E-state index < -0.39 is 0 Å². The Kier molecular flexibility index (Phi) is 5.04. The number of aromatic nitrogens is 1. The maximum Gasteiger partial charge on any atom is 0.267 e. The predicted molar refractivity (Wildman–Crippen MR) is 103 cm³/mol. The fourth-order valence-electron chi connectivity index (χ4n) is 4.16. The van der Waals surface area contributed by atoms with Gasteiger partial charge in [0.05, 0.1) is 12.1 Å². The van der Waals surface area contributed by atoms with Crippen molar-refractivity contribution in [3.05, 3.63) is 30.0 Å². The zero-order valence-electron chi connectivity index (χ0n) is 15.4. The van der Waals surface area contributed by atoms with Crippen molar-refractivity contribution in [1.82, 2.24) is 15.6 Å². The number of nitrogens with zero attached hydrogens (tertiary/aromatic N) is 1. The van der Waals surface area contributed by atoms with Gasteiger partial charge in [0.1, 0.15) is 11.4 Å². The van der Waals surface area contributed by atoms with Crippen LogP contribution in [0.15, 0.2) is 24.3 Å². The number of carbonyl (C=O) groups is 1. The third kappa shape index (κ3) is 4.09. The Bertz CT molecular complexity index is 865. The van der Waals surface area contributed by atoms with Gasteiger partial charge < -0.3 is 20.7 Å². The molecule has 2 aliphatic rings. The molecule has 4 N–H and O–H groups in total. The second-order valence-corrected chi connectivity index (χ2v) is 7.93. The molecule has 0 aliphatic heterocycles. The van der Waals surface area contributed by atoms with Crippen molar-refractivity contribution in [1.29, 1.82) is 5.26 Å². The first-order valence-electron chi connectivity index (χ1n) is 9.89. The van der Waals surface area contributed by atoms with Crippen molar-refractivity contribution in [2.24, 2.45) is 11.8 Å². The number of H-pyrrole nitrogens is 1. The van der Waals surface area contributed by atoms with E-state index in [9.17, 15) is 15.2 Å². The second kappa shape index (κ2) is 7.61. The molecule has 1 aromatic heterocycles. The van der Waals surface area contributed by atoms with Crippen LogP contribution in [0.25, 0.3) is 10.9 Å². The van der Waals surface area contributed by atoms with E-state index in [0.717, 1.165) is 49.6 Å². The van der Waals surface area contributed by atoms with Crippen LogP contribution in [-0.4, -0.2) is 34.6 Å². The maximum absolute atomic E-state index is 12.7. The maximum atomic E-state index is 12.7. The largest absolute Gasteiger partial charge is 0.508 e. The number of aromatic hydroxyl groups is 1. The molecular weight excluding hydrogens is 340 g/mol. The van der Waals surface area contributed by atoms with E-state index in [1.807, 2.05) is 0 Å². The minimum atomic E-state index is -0.110. The standard InChI is InChI=1S/C21H26N4O2/c22-11-20(13-5-6-13)23-12-14-3-1-2-4-17(14)25-21(27)19-10-15-9-16(26)7-8-18(15)24-19/h7-10,13-14,17,20,23-24,26H,1-6,12H2,(H,25,27)/t14-,17+,20?/m1/s1. The summed E-state index contributed by atoms with van der Waals surface area (Å²) in [5.41, 5.74) is 1.35. The van der Waals surface area contributed by atoms with E-state index in [2.05, 4.69) is 21.7 Å². The molecule has 6 heteroatoms. The Balaban J connectivity index is 1.40.